The molecule has 2 nitrogen and oxygen atoms in total. The van der Waals surface area contributed by atoms with Crippen molar-refractivity contribution in [1.82, 2.24) is 4.98 Å². The van der Waals surface area contributed by atoms with Crippen LogP contribution in [-0.2, 0) is 6.18 Å². The second-order valence-corrected chi connectivity index (χ2v) is 5.18. The summed E-state index contributed by atoms with van der Waals surface area (Å²) < 4.78 is 39.1. The molecule has 0 N–H and O–H groups in total. The van der Waals surface area contributed by atoms with Gasteiger partial charge >= 0.3 is 6.18 Å². The van der Waals surface area contributed by atoms with Crippen molar-refractivity contribution in [3.8, 4) is 6.07 Å². The first-order valence-electron chi connectivity index (χ1n) is 6.12. The van der Waals surface area contributed by atoms with E-state index in [-0.39, 0.29) is 17.4 Å². The summed E-state index contributed by atoms with van der Waals surface area (Å²) in [6, 6.07) is 1.68. The topological polar surface area (TPSA) is 36.7 Å². The van der Waals surface area contributed by atoms with E-state index in [1.165, 1.54) is 0 Å². The van der Waals surface area contributed by atoms with Crippen LogP contribution in [0.1, 0.15) is 67.6 Å². The van der Waals surface area contributed by atoms with Crippen molar-refractivity contribution in [3.05, 3.63) is 28.1 Å². The first kappa shape index (κ1) is 15.5. The summed E-state index contributed by atoms with van der Waals surface area (Å²) in [7, 11) is 0. The molecule has 0 saturated heterocycles. The van der Waals surface area contributed by atoms with E-state index in [1.807, 2.05) is 0 Å². The summed E-state index contributed by atoms with van der Waals surface area (Å²) in [5.41, 5.74) is 0.149. The molecule has 0 unspecified atom stereocenters. The Balaban J connectivity index is 3.81. The lowest BCUT2D eigenvalue weighted by molar-refractivity contribution is -0.141. The van der Waals surface area contributed by atoms with E-state index < -0.39 is 11.9 Å². The summed E-state index contributed by atoms with van der Waals surface area (Å²) in [6.45, 7) is 8.90. The van der Waals surface area contributed by atoms with E-state index in [2.05, 4.69) is 4.98 Å². The number of hydrogen-bond donors (Lipinski definition) is 0. The Hall–Kier alpha value is -1.57. The third kappa shape index (κ3) is 2.89. The second-order valence-electron chi connectivity index (χ2n) is 5.18. The maximum absolute atomic E-state index is 13.0. The van der Waals surface area contributed by atoms with Crippen LogP contribution in [0.15, 0.2) is 0 Å². The summed E-state index contributed by atoms with van der Waals surface area (Å²) in [5, 5.41) is 9.08. The van der Waals surface area contributed by atoms with Gasteiger partial charge in [0.25, 0.3) is 0 Å². The molecule has 5 heteroatoms. The van der Waals surface area contributed by atoms with E-state index >= 15 is 0 Å². The van der Waals surface area contributed by atoms with Crippen LogP contribution in [0, 0.1) is 18.3 Å². The number of hydrogen-bond acceptors (Lipinski definition) is 2. The molecule has 19 heavy (non-hydrogen) atoms. The molecule has 1 rings (SSSR count). The molecule has 0 aromatic carbocycles. The van der Waals surface area contributed by atoms with Gasteiger partial charge in [0.05, 0.1) is 5.56 Å². The van der Waals surface area contributed by atoms with Crippen LogP contribution in [0.25, 0.3) is 0 Å². The molecule has 104 valence electrons. The van der Waals surface area contributed by atoms with Gasteiger partial charge in [-0.2, -0.15) is 18.4 Å². The Morgan fingerprint density at radius 3 is 1.95 bits per heavy atom. The van der Waals surface area contributed by atoms with Crippen molar-refractivity contribution in [2.24, 2.45) is 0 Å². The summed E-state index contributed by atoms with van der Waals surface area (Å²) in [6.07, 6.45) is -4.61. The van der Waals surface area contributed by atoms with E-state index in [9.17, 15) is 13.2 Å². The molecule has 0 saturated carbocycles. The third-order valence-corrected chi connectivity index (χ3v) is 3.03. The lowest BCUT2D eigenvalue weighted by Gasteiger charge is -2.21. The highest BCUT2D eigenvalue weighted by Crippen LogP contribution is 2.37. The lowest BCUT2D eigenvalue weighted by Crippen LogP contribution is -2.17. The van der Waals surface area contributed by atoms with Crippen LogP contribution < -0.4 is 0 Å². The Bertz CT molecular complexity index is 523. The van der Waals surface area contributed by atoms with Crippen molar-refractivity contribution in [1.29, 1.82) is 5.26 Å². The minimum atomic E-state index is -4.61. The molecule has 0 fully saturated rings. The minimum absolute atomic E-state index is 0.119. The van der Waals surface area contributed by atoms with Crippen molar-refractivity contribution >= 4 is 0 Å². The molecule has 0 aliphatic heterocycles. The minimum Gasteiger partial charge on any atom is -0.246 e. The zero-order valence-corrected chi connectivity index (χ0v) is 11.7. The van der Waals surface area contributed by atoms with Crippen molar-refractivity contribution in [2.45, 2.75) is 52.6 Å². The third-order valence-electron chi connectivity index (χ3n) is 3.03. The zero-order chi connectivity index (χ0) is 15.0. The Morgan fingerprint density at radius 1 is 1.11 bits per heavy atom. The Labute approximate surface area is 111 Å². The molecule has 1 heterocycles. The summed E-state index contributed by atoms with van der Waals surface area (Å²) in [4.78, 5) is 3.71. The fraction of sp³-hybridized carbons (Fsp3) is 0.571. The SMILES string of the molecule is Cc1c(C(C)C)nc(C(F)(F)F)c(C#N)c1C(C)C. The molecule has 0 atom stereocenters. The predicted octanol–water partition coefficient (Wildman–Crippen LogP) is 4.53. The summed E-state index contributed by atoms with van der Waals surface area (Å²) in [5.74, 6) is -0.275. The van der Waals surface area contributed by atoms with Crippen LogP contribution in [0.2, 0.25) is 0 Å². The highest BCUT2D eigenvalue weighted by atomic mass is 19.4. The molecule has 0 aliphatic carbocycles. The van der Waals surface area contributed by atoms with Gasteiger partial charge in [0.1, 0.15) is 6.07 Å². The van der Waals surface area contributed by atoms with Crippen LogP contribution >= 0.6 is 0 Å². The van der Waals surface area contributed by atoms with Gasteiger partial charge in [-0.05, 0) is 29.9 Å². The molecule has 1 aromatic rings. The normalized spacial score (nSPS) is 12.1. The highest BCUT2D eigenvalue weighted by Gasteiger charge is 2.38. The number of alkyl halides is 3. The number of halogens is 3. The number of nitrogens with zero attached hydrogens (tertiary/aromatic N) is 2. The Morgan fingerprint density at radius 2 is 1.63 bits per heavy atom. The summed E-state index contributed by atoms with van der Waals surface area (Å²) >= 11 is 0. The largest absolute Gasteiger partial charge is 0.434 e. The van der Waals surface area contributed by atoms with E-state index in [0.717, 1.165) is 0 Å². The average molecular weight is 270 g/mol. The quantitative estimate of drug-likeness (QED) is 0.791. The molecule has 0 spiro atoms. The number of rotatable bonds is 2. The van der Waals surface area contributed by atoms with E-state index in [1.54, 1.807) is 40.7 Å². The molecule has 0 bridgehead atoms. The van der Waals surface area contributed by atoms with Crippen LogP contribution in [0.5, 0.6) is 0 Å². The zero-order valence-electron chi connectivity index (χ0n) is 11.7. The smallest absolute Gasteiger partial charge is 0.246 e. The lowest BCUT2D eigenvalue weighted by atomic mass is 9.88. The van der Waals surface area contributed by atoms with Gasteiger partial charge in [-0.15, -0.1) is 0 Å². The molecule has 0 aliphatic rings. The molecule has 0 radical (unpaired) electrons. The molecule has 0 amide bonds. The molecule has 1 aromatic heterocycles. The number of aromatic nitrogens is 1. The fourth-order valence-corrected chi connectivity index (χ4v) is 2.32. The Kier molecular flexibility index (Phi) is 4.24. The van der Waals surface area contributed by atoms with Gasteiger partial charge < -0.3 is 0 Å². The van der Waals surface area contributed by atoms with Crippen LogP contribution in [-0.4, -0.2) is 4.98 Å². The van der Waals surface area contributed by atoms with E-state index in [4.69, 9.17) is 5.26 Å². The highest BCUT2D eigenvalue weighted by molar-refractivity contribution is 5.50. The van der Waals surface area contributed by atoms with Gasteiger partial charge in [0.15, 0.2) is 5.69 Å². The van der Waals surface area contributed by atoms with Gasteiger partial charge in [-0.25, -0.2) is 4.98 Å². The number of pyridine rings is 1. The standard InChI is InChI=1S/C14H17F3N2/c1-7(2)11-9(5)12(8(3)4)19-13(10(11)6-18)14(15,16)17/h7-8H,1-5H3. The van der Waals surface area contributed by atoms with Crippen LogP contribution in [0.3, 0.4) is 0 Å². The number of nitriles is 1. The van der Waals surface area contributed by atoms with Gasteiger partial charge in [-0.3, -0.25) is 0 Å². The maximum atomic E-state index is 13.0. The molecular formula is C14H17F3N2. The van der Waals surface area contributed by atoms with E-state index in [0.29, 0.717) is 16.8 Å². The average Bonchev–Trinajstić information content (AvgIpc) is 2.25. The molecular weight excluding hydrogens is 253 g/mol. The van der Waals surface area contributed by atoms with Crippen molar-refractivity contribution < 1.29 is 13.2 Å². The predicted molar refractivity (Wildman–Crippen MR) is 66.9 cm³/mol. The van der Waals surface area contributed by atoms with Gasteiger partial charge in [0.2, 0.25) is 0 Å². The van der Waals surface area contributed by atoms with Crippen molar-refractivity contribution in [2.75, 3.05) is 0 Å². The van der Waals surface area contributed by atoms with Crippen molar-refractivity contribution in [3.63, 3.8) is 0 Å². The maximum Gasteiger partial charge on any atom is 0.434 e. The van der Waals surface area contributed by atoms with Gasteiger partial charge in [0, 0.05) is 5.69 Å². The van der Waals surface area contributed by atoms with Gasteiger partial charge in [-0.1, -0.05) is 27.7 Å². The monoisotopic (exact) mass is 270 g/mol. The second kappa shape index (κ2) is 5.20. The van der Waals surface area contributed by atoms with Crippen LogP contribution in [0.4, 0.5) is 13.2 Å². The first-order valence-corrected chi connectivity index (χ1v) is 6.12. The first-order chi connectivity index (χ1) is 8.61. The fourth-order valence-electron chi connectivity index (χ4n) is 2.32.